The summed E-state index contributed by atoms with van der Waals surface area (Å²) < 4.78 is 10.8. The number of rotatable bonds is 4. The smallest absolute Gasteiger partial charge is 0.408 e. The Hall–Kier alpha value is -3.62. The van der Waals surface area contributed by atoms with Crippen LogP contribution in [0.5, 0.6) is 0 Å². The van der Waals surface area contributed by atoms with Crippen LogP contribution in [0, 0.1) is 19.3 Å². The minimum absolute atomic E-state index is 0.116. The number of furan rings is 1. The second-order valence-electron chi connectivity index (χ2n) is 11.1. The van der Waals surface area contributed by atoms with E-state index in [4.69, 9.17) is 9.15 Å². The standard InChI is InChI=1S/C27H35N3O6/c1-16-9-11-19-20(13-16)29(15-21(31)22-12-10-17(2)35-22)23(32)18(28-25(34)36-27(6,7)8)14-30(19)24(33)26(3,4)5/h9-13,18H,14-15H2,1-8H3,(H,28,34). The molecule has 0 saturated carbocycles. The number of fused-ring (bicyclic) bond motifs is 1. The molecule has 9 heteroatoms. The first kappa shape index (κ1) is 27.0. The highest BCUT2D eigenvalue weighted by Gasteiger charge is 2.41. The first-order chi connectivity index (χ1) is 16.6. The lowest BCUT2D eigenvalue weighted by atomic mass is 9.94. The average molecular weight is 498 g/mol. The van der Waals surface area contributed by atoms with Crippen LogP contribution in [-0.4, -0.2) is 48.4 Å². The van der Waals surface area contributed by atoms with Crippen LogP contribution in [0.4, 0.5) is 16.2 Å². The van der Waals surface area contributed by atoms with Gasteiger partial charge in [0, 0.05) is 5.41 Å². The summed E-state index contributed by atoms with van der Waals surface area (Å²) in [6.45, 7) is 13.6. The van der Waals surface area contributed by atoms with E-state index < -0.39 is 34.8 Å². The fraction of sp³-hybridized carbons (Fsp3) is 0.481. The van der Waals surface area contributed by atoms with Crippen LogP contribution in [0.3, 0.4) is 0 Å². The molecule has 1 aliphatic heterocycles. The number of hydrogen-bond donors (Lipinski definition) is 1. The summed E-state index contributed by atoms with van der Waals surface area (Å²) in [6, 6.07) is 7.43. The van der Waals surface area contributed by atoms with Gasteiger partial charge in [-0.2, -0.15) is 0 Å². The van der Waals surface area contributed by atoms with Crippen molar-refractivity contribution >= 4 is 35.1 Å². The van der Waals surface area contributed by atoms with E-state index in [-0.39, 0.29) is 24.8 Å². The number of carbonyl (C=O) groups is 4. The Labute approximate surface area is 211 Å². The number of carbonyl (C=O) groups excluding carboxylic acids is 4. The number of nitrogens with one attached hydrogen (secondary N) is 1. The Morgan fingerprint density at radius 2 is 1.69 bits per heavy atom. The molecule has 1 atom stereocenters. The highest BCUT2D eigenvalue weighted by atomic mass is 16.6. The maximum Gasteiger partial charge on any atom is 0.408 e. The van der Waals surface area contributed by atoms with Crippen LogP contribution in [-0.2, 0) is 14.3 Å². The summed E-state index contributed by atoms with van der Waals surface area (Å²) in [5.74, 6) is -0.475. The number of anilines is 2. The van der Waals surface area contributed by atoms with E-state index in [1.54, 1.807) is 72.7 Å². The zero-order valence-corrected chi connectivity index (χ0v) is 22.2. The number of nitrogens with zero attached hydrogens (tertiary/aromatic N) is 2. The lowest BCUT2D eigenvalue weighted by Gasteiger charge is -2.31. The average Bonchev–Trinajstić information content (AvgIpc) is 3.14. The molecular weight excluding hydrogens is 462 g/mol. The summed E-state index contributed by atoms with van der Waals surface area (Å²) in [6.07, 6.45) is -0.793. The highest BCUT2D eigenvalue weighted by molar-refractivity contribution is 6.12. The number of aryl methyl sites for hydroxylation is 2. The van der Waals surface area contributed by atoms with Gasteiger partial charge in [0.1, 0.15) is 17.4 Å². The molecular formula is C27H35N3O6. The first-order valence-corrected chi connectivity index (χ1v) is 11.9. The molecule has 3 amide bonds. The third kappa shape index (κ3) is 6.13. The van der Waals surface area contributed by atoms with E-state index in [0.29, 0.717) is 17.1 Å². The Bertz CT molecular complexity index is 1180. The lowest BCUT2D eigenvalue weighted by molar-refractivity contribution is -0.126. The van der Waals surface area contributed by atoms with E-state index >= 15 is 0 Å². The van der Waals surface area contributed by atoms with Crippen molar-refractivity contribution < 1.29 is 28.3 Å². The highest BCUT2D eigenvalue weighted by Crippen LogP contribution is 2.36. The molecule has 0 spiro atoms. The summed E-state index contributed by atoms with van der Waals surface area (Å²) >= 11 is 0. The second kappa shape index (κ2) is 9.79. The van der Waals surface area contributed by atoms with Crippen molar-refractivity contribution in [3.63, 3.8) is 0 Å². The van der Waals surface area contributed by atoms with Crippen molar-refractivity contribution in [1.82, 2.24) is 5.32 Å². The van der Waals surface area contributed by atoms with E-state index in [9.17, 15) is 19.2 Å². The van der Waals surface area contributed by atoms with Crippen molar-refractivity contribution in [2.24, 2.45) is 5.41 Å². The molecule has 194 valence electrons. The molecule has 0 fully saturated rings. The van der Waals surface area contributed by atoms with Crippen molar-refractivity contribution in [2.45, 2.75) is 67.0 Å². The molecule has 1 aromatic carbocycles. The molecule has 1 aliphatic rings. The minimum atomic E-state index is -1.15. The third-order valence-corrected chi connectivity index (χ3v) is 5.54. The summed E-state index contributed by atoms with van der Waals surface area (Å²) in [4.78, 5) is 55.9. The first-order valence-electron chi connectivity index (χ1n) is 11.9. The Morgan fingerprint density at radius 3 is 2.25 bits per heavy atom. The van der Waals surface area contributed by atoms with Gasteiger partial charge in [-0.1, -0.05) is 26.8 Å². The van der Waals surface area contributed by atoms with Crippen LogP contribution < -0.4 is 15.1 Å². The topological polar surface area (TPSA) is 109 Å². The molecule has 0 bridgehead atoms. The number of ketones is 1. The number of alkyl carbamates (subject to hydrolysis) is 1. The van der Waals surface area contributed by atoms with Crippen LogP contribution in [0.25, 0.3) is 0 Å². The van der Waals surface area contributed by atoms with Gasteiger partial charge in [0.25, 0.3) is 5.91 Å². The van der Waals surface area contributed by atoms with Crippen molar-refractivity contribution in [3.8, 4) is 0 Å². The summed E-state index contributed by atoms with van der Waals surface area (Å²) in [5, 5.41) is 2.62. The van der Waals surface area contributed by atoms with Gasteiger partial charge in [-0.3, -0.25) is 14.4 Å². The number of Topliss-reactive ketones (excluding diaryl/α,β-unsaturated/α-hetero) is 1. The van der Waals surface area contributed by atoms with Crippen molar-refractivity contribution in [3.05, 3.63) is 47.4 Å². The monoisotopic (exact) mass is 497 g/mol. The van der Waals surface area contributed by atoms with Gasteiger partial charge in [0.2, 0.25) is 11.7 Å². The fourth-order valence-electron chi connectivity index (χ4n) is 3.87. The molecule has 36 heavy (non-hydrogen) atoms. The second-order valence-corrected chi connectivity index (χ2v) is 11.1. The van der Waals surface area contributed by atoms with Gasteiger partial charge in [0.15, 0.2) is 5.76 Å². The van der Waals surface area contributed by atoms with Crippen LogP contribution >= 0.6 is 0 Å². The van der Waals surface area contributed by atoms with Crippen molar-refractivity contribution in [2.75, 3.05) is 22.9 Å². The largest absolute Gasteiger partial charge is 0.458 e. The van der Waals surface area contributed by atoms with Crippen LogP contribution in [0.1, 0.15) is 63.4 Å². The Morgan fingerprint density at radius 1 is 1.03 bits per heavy atom. The number of hydrogen-bond acceptors (Lipinski definition) is 6. The quantitative estimate of drug-likeness (QED) is 0.627. The normalized spacial score (nSPS) is 16.3. The van der Waals surface area contributed by atoms with Crippen LogP contribution in [0.2, 0.25) is 0 Å². The van der Waals surface area contributed by atoms with Crippen LogP contribution in [0.15, 0.2) is 34.7 Å². The fourth-order valence-corrected chi connectivity index (χ4v) is 3.87. The maximum absolute atomic E-state index is 13.8. The SMILES string of the molecule is Cc1ccc2c(c1)N(CC(=O)c1ccc(C)o1)C(=O)C(NC(=O)OC(C)(C)C)CN2C(=O)C(C)(C)C. The molecule has 1 N–H and O–H groups in total. The van der Waals surface area contributed by atoms with Gasteiger partial charge in [-0.25, -0.2) is 4.79 Å². The molecule has 1 aromatic heterocycles. The molecule has 9 nitrogen and oxygen atoms in total. The van der Waals surface area contributed by atoms with Crippen molar-refractivity contribution in [1.29, 1.82) is 0 Å². The van der Waals surface area contributed by atoms with Gasteiger partial charge in [-0.15, -0.1) is 0 Å². The minimum Gasteiger partial charge on any atom is -0.458 e. The zero-order valence-electron chi connectivity index (χ0n) is 22.2. The molecule has 3 rings (SSSR count). The van der Waals surface area contributed by atoms with Gasteiger partial charge < -0.3 is 24.3 Å². The summed E-state index contributed by atoms with van der Waals surface area (Å²) in [5.41, 5.74) is 0.173. The van der Waals surface area contributed by atoms with E-state index in [0.717, 1.165) is 5.56 Å². The number of amides is 3. The molecule has 0 aliphatic carbocycles. The molecule has 0 saturated heterocycles. The predicted octanol–water partition coefficient (Wildman–Crippen LogP) is 4.40. The maximum atomic E-state index is 13.8. The summed E-state index contributed by atoms with van der Waals surface area (Å²) in [7, 11) is 0. The van der Waals surface area contributed by atoms with E-state index in [1.807, 2.05) is 13.0 Å². The van der Waals surface area contributed by atoms with Gasteiger partial charge in [0.05, 0.1) is 24.5 Å². The Kier molecular flexibility index (Phi) is 7.34. The zero-order chi connectivity index (χ0) is 27.0. The predicted molar refractivity (Wildman–Crippen MR) is 136 cm³/mol. The third-order valence-electron chi connectivity index (χ3n) is 5.54. The van der Waals surface area contributed by atoms with E-state index in [2.05, 4.69) is 5.32 Å². The Balaban J connectivity index is 2.10. The molecule has 1 unspecified atom stereocenters. The molecule has 2 aromatic rings. The van der Waals surface area contributed by atoms with E-state index in [1.165, 1.54) is 9.80 Å². The number of benzene rings is 1. The van der Waals surface area contributed by atoms with Gasteiger partial charge in [-0.05, 0) is 64.4 Å². The number of ether oxygens (including phenoxy) is 1. The molecule has 0 radical (unpaired) electrons. The lowest BCUT2D eigenvalue weighted by Crippen LogP contribution is -2.55. The molecule has 2 heterocycles. The van der Waals surface area contributed by atoms with Gasteiger partial charge >= 0.3 is 6.09 Å².